The predicted octanol–water partition coefficient (Wildman–Crippen LogP) is 2.20. The molecule has 0 heterocycles. The lowest BCUT2D eigenvalue weighted by Gasteiger charge is -2.18. The molecule has 4 heteroatoms. The van der Waals surface area contributed by atoms with E-state index in [4.69, 9.17) is 9.47 Å². The lowest BCUT2D eigenvalue weighted by Crippen LogP contribution is -2.21. The maximum Gasteiger partial charge on any atom is 0.141 e. The van der Waals surface area contributed by atoms with Gasteiger partial charge >= 0.3 is 0 Å². The van der Waals surface area contributed by atoms with Gasteiger partial charge in [0.2, 0.25) is 0 Å². The van der Waals surface area contributed by atoms with E-state index in [1.165, 1.54) is 5.56 Å². The van der Waals surface area contributed by atoms with Crippen LogP contribution >= 0.6 is 0 Å². The summed E-state index contributed by atoms with van der Waals surface area (Å²) >= 11 is 0. The second-order valence-corrected chi connectivity index (χ2v) is 4.77. The van der Waals surface area contributed by atoms with Crippen LogP contribution in [0.1, 0.15) is 12.5 Å². The van der Waals surface area contributed by atoms with E-state index in [0.29, 0.717) is 6.61 Å². The van der Waals surface area contributed by atoms with Crippen LogP contribution in [0.4, 0.5) is 5.69 Å². The minimum atomic E-state index is 0.249. The van der Waals surface area contributed by atoms with Crippen molar-refractivity contribution in [2.24, 2.45) is 0 Å². The number of ether oxygens (including phenoxy) is 2. The molecule has 1 N–H and O–H groups in total. The van der Waals surface area contributed by atoms with Gasteiger partial charge in [-0.25, -0.2) is 0 Å². The van der Waals surface area contributed by atoms with Crippen molar-refractivity contribution in [1.82, 2.24) is 4.90 Å². The molecule has 0 radical (unpaired) electrons. The molecule has 0 saturated heterocycles. The molecule has 0 spiro atoms. The van der Waals surface area contributed by atoms with E-state index < -0.39 is 0 Å². The minimum absolute atomic E-state index is 0.249. The van der Waals surface area contributed by atoms with E-state index in [9.17, 15) is 0 Å². The Balaban J connectivity index is 2.84. The molecular formula is C14H24N2O2. The fourth-order valence-corrected chi connectivity index (χ4v) is 1.89. The molecule has 1 rings (SSSR count). The van der Waals surface area contributed by atoms with Crippen LogP contribution in [0.25, 0.3) is 0 Å². The second kappa shape index (κ2) is 7.24. The molecule has 1 atom stereocenters. The molecule has 0 amide bonds. The molecule has 0 bridgehead atoms. The first-order valence-corrected chi connectivity index (χ1v) is 6.14. The molecule has 1 aromatic rings. The Morgan fingerprint density at radius 1 is 1.28 bits per heavy atom. The topological polar surface area (TPSA) is 33.7 Å². The molecule has 0 fully saturated rings. The molecule has 0 aliphatic rings. The summed E-state index contributed by atoms with van der Waals surface area (Å²) < 4.78 is 10.5. The number of hydrogen-bond donors (Lipinski definition) is 1. The molecule has 0 aliphatic heterocycles. The maximum atomic E-state index is 5.37. The summed E-state index contributed by atoms with van der Waals surface area (Å²) in [7, 11) is 7.51. The Morgan fingerprint density at radius 3 is 2.56 bits per heavy atom. The number of methoxy groups -OCH3 is 2. The number of benzene rings is 1. The number of anilines is 1. The van der Waals surface area contributed by atoms with Crippen LogP contribution in [0.5, 0.6) is 5.75 Å². The Morgan fingerprint density at radius 2 is 2.00 bits per heavy atom. The standard InChI is InChI=1S/C14H24N2O2/c1-11(10-17-4)15-13-8-12(9-16(2)3)6-7-14(13)18-5/h6-8,11,15H,9-10H2,1-5H3. The molecule has 18 heavy (non-hydrogen) atoms. The van der Waals surface area contributed by atoms with Crippen LogP contribution in [-0.2, 0) is 11.3 Å². The molecule has 0 saturated carbocycles. The van der Waals surface area contributed by atoms with E-state index in [2.05, 4.69) is 43.4 Å². The highest BCUT2D eigenvalue weighted by molar-refractivity contribution is 5.58. The highest BCUT2D eigenvalue weighted by Crippen LogP contribution is 2.26. The first kappa shape index (κ1) is 14.8. The monoisotopic (exact) mass is 252 g/mol. The van der Waals surface area contributed by atoms with Gasteiger partial charge in [-0.2, -0.15) is 0 Å². The van der Waals surface area contributed by atoms with Crippen molar-refractivity contribution < 1.29 is 9.47 Å². The average Bonchev–Trinajstić information content (AvgIpc) is 2.28. The Kier molecular flexibility index (Phi) is 5.95. The predicted molar refractivity (Wildman–Crippen MR) is 75.3 cm³/mol. The molecular weight excluding hydrogens is 228 g/mol. The summed E-state index contributed by atoms with van der Waals surface area (Å²) in [5.41, 5.74) is 2.27. The van der Waals surface area contributed by atoms with Gasteiger partial charge < -0.3 is 19.7 Å². The molecule has 0 aromatic heterocycles. The van der Waals surface area contributed by atoms with E-state index in [1.807, 2.05) is 6.07 Å². The summed E-state index contributed by atoms with van der Waals surface area (Å²) in [5, 5.41) is 3.41. The van der Waals surface area contributed by atoms with E-state index in [1.54, 1.807) is 14.2 Å². The smallest absolute Gasteiger partial charge is 0.141 e. The lowest BCUT2D eigenvalue weighted by atomic mass is 10.1. The van der Waals surface area contributed by atoms with Crippen LogP contribution in [0, 0.1) is 0 Å². The van der Waals surface area contributed by atoms with Gasteiger partial charge in [0.1, 0.15) is 5.75 Å². The normalized spacial score (nSPS) is 12.6. The second-order valence-electron chi connectivity index (χ2n) is 4.77. The fourth-order valence-electron chi connectivity index (χ4n) is 1.89. The molecule has 0 aliphatic carbocycles. The first-order chi connectivity index (χ1) is 8.56. The highest BCUT2D eigenvalue weighted by Gasteiger charge is 2.08. The minimum Gasteiger partial charge on any atom is -0.495 e. The van der Waals surface area contributed by atoms with Crippen molar-refractivity contribution in [3.63, 3.8) is 0 Å². The van der Waals surface area contributed by atoms with Crippen molar-refractivity contribution in [2.75, 3.05) is 40.2 Å². The number of rotatable bonds is 7. The third-order valence-electron chi connectivity index (χ3n) is 2.58. The first-order valence-electron chi connectivity index (χ1n) is 6.14. The molecule has 1 aromatic carbocycles. The highest BCUT2D eigenvalue weighted by atomic mass is 16.5. The fraction of sp³-hybridized carbons (Fsp3) is 0.571. The lowest BCUT2D eigenvalue weighted by molar-refractivity contribution is 0.190. The van der Waals surface area contributed by atoms with E-state index in [-0.39, 0.29) is 6.04 Å². The number of nitrogens with zero attached hydrogens (tertiary/aromatic N) is 1. The van der Waals surface area contributed by atoms with Gasteiger partial charge in [0.05, 0.1) is 19.4 Å². The Labute approximate surface area is 110 Å². The maximum absolute atomic E-state index is 5.37. The summed E-state index contributed by atoms with van der Waals surface area (Å²) in [4.78, 5) is 2.14. The van der Waals surface area contributed by atoms with Crippen LogP contribution < -0.4 is 10.1 Å². The van der Waals surface area contributed by atoms with Crippen molar-refractivity contribution in [3.8, 4) is 5.75 Å². The average molecular weight is 252 g/mol. The summed E-state index contributed by atoms with van der Waals surface area (Å²) in [6.07, 6.45) is 0. The molecule has 1 unspecified atom stereocenters. The van der Waals surface area contributed by atoms with Gasteiger partial charge in [-0.05, 0) is 38.7 Å². The molecule has 102 valence electrons. The van der Waals surface area contributed by atoms with Crippen LogP contribution in [0.2, 0.25) is 0 Å². The van der Waals surface area contributed by atoms with Crippen molar-refractivity contribution >= 4 is 5.69 Å². The van der Waals surface area contributed by atoms with Crippen molar-refractivity contribution in [2.45, 2.75) is 19.5 Å². The third kappa shape index (κ3) is 4.55. The quantitative estimate of drug-likeness (QED) is 0.806. The summed E-state index contributed by atoms with van der Waals surface area (Å²) in [5.74, 6) is 0.862. The number of hydrogen-bond acceptors (Lipinski definition) is 4. The largest absolute Gasteiger partial charge is 0.495 e. The zero-order valence-corrected chi connectivity index (χ0v) is 12.0. The van der Waals surface area contributed by atoms with Crippen LogP contribution in [0.15, 0.2) is 18.2 Å². The zero-order chi connectivity index (χ0) is 13.5. The SMILES string of the molecule is COCC(C)Nc1cc(CN(C)C)ccc1OC. The van der Waals surface area contributed by atoms with E-state index in [0.717, 1.165) is 18.0 Å². The van der Waals surface area contributed by atoms with Gasteiger partial charge in [0.15, 0.2) is 0 Å². The van der Waals surface area contributed by atoms with Crippen molar-refractivity contribution in [3.05, 3.63) is 23.8 Å². The summed E-state index contributed by atoms with van der Waals surface area (Å²) in [6.45, 7) is 3.67. The Hall–Kier alpha value is -1.26. The van der Waals surface area contributed by atoms with Crippen LogP contribution in [0.3, 0.4) is 0 Å². The van der Waals surface area contributed by atoms with Gasteiger partial charge in [0, 0.05) is 19.7 Å². The summed E-state index contributed by atoms with van der Waals surface area (Å²) in [6, 6.07) is 6.47. The van der Waals surface area contributed by atoms with Gasteiger partial charge in [-0.1, -0.05) is 6.07 Å². The van der Waals surface area contributed by atoms with Crippen molar-refractivity contribution in [1.29, 1.82) is 0 Å². The zero-order valence-electron chi connectivity index (χ0n) is 12.0. The Bertz CT molecular complexity index is 367. The molecule has 4 nitrogen and oxygen atoms in total. The third-order valence-corrected chi connectivity index (χ3v) is 2.58. The van der Waals surface area contributed by atoms with Gasteiger partial charge in [0.25, 0.3) is 0 Å². The van der Waals surface area contributed by atoms with Gasteiger partial charge in [-0.3, -0.25) is 0 Å². The number of nitrogens with one attached hydrogen (secondary N) is 1. The van der Waals surface area contributed by atoms with E-state index >= 15 is 0 Å². The van der Waals surface area contributed by atoms with Crippen LogP contribution in [-0.4, -0.2) is 45.9 Å². The van der Waals surface area contributed by atoms with Gasteiger partial charge in [-0.15, -0.1) is 0 Å².